The highest BCUT2D eigenvalue weighted by atomic mass is 32.2. The summed E-state index contributed by atoms with van der Waals surface area (Å²) in [5.41, 5.74) is -0.830. The van der Waals surface area contributed by atoms with Crippen molar-refractivity contribution < 1.29 is 37.4 Å². The maximum atomic E-state index is 13.5. The highest BCUT2D eigenvalue weighted by molar-refractivity contribution is 8.13. The molecule has 1 rings (SSSR count). The molecule has 26 heavy (non-hydrogen) atoms. The van der Waals surface area contributed by atoms with Crippen LogP contribution in [0.15, 0.2) is 17.0 Å². The number of alkyl carbamates (subject to hydrolysis) is 1. The van der Waals surface area contributed by atoms with E-state index in [-0.39, 0.29) is 12.8 Å². The topological polar surface area (TPSA) is 92.7 Å². The van der Waals surface area contributed by atoms with Crippen LogP contribution < -0.4 is 5.32 Å². The van der Waals surface area contributed by atoms with Crippen molar-refractivity contribution in [2.75, 3.05) is 0 Å². The molecule has 0 spiro atoms. The Morgan fingerprint density at radius 1 is 1.19 bits per heavy atom. The Labute approximate surface area is 152 Å². The van der Waals surface area contributed by atoms with E-state index in [1.807, 2.05) is 0 Å². The van der Waals surface area contributed by atoms with E-state index in [1.54, 1.807) is 20.8 Å². The number of ether oxygens (including phenoxy) is 1. The molecule has 0 aliphatic heterocycles. The predicted molar refractivity (Wildman–Crippen MR) is 87.2 cm³/mol. The Bertz CT molecular complexity index is 706. The van der Waals surface area contributed by atoms with Gasteiger partial charge in [0.1, 0.15) is 11.6 Å². The number of hydrogen-bond donors (Lipinski definition) is 2. The highest BCUT2D eigenvalue weighted by Crippen LogP contribution is 2.27. The Kier molecular flexibility index (Phi) is 7.49. The highest BCUT2D eigenvalue weighted by Gasteiger charge is 2.25. The summed E-state index contributed by atoms with van der Waals surface area (Å²) in [6.45, 7) is 4.79. The van der Waals surface area contributed by atoms with Gasteiger partial charge in [-0.2, -0.15) is 0 Å². The summed E-state index contributed by atoms with van der Waals surface area (Å²) in [5.74, 6) is -5.96. The first-order valence-electron chi connectivity index (χ1n) is 7.47. The van der Waals surface area contributed by atoms with Gasteiger partial charge in [0.2, 0.25) is 0 Å². The fourth-order valence-corrected chi connectivity index (χ4v) is 2.51. The lowest BCUT2D eigenvalue weighted by Crippen LogP contribution is -2.43. The SMILES string of the molecule is CC(C)(C)OC(=O)NC(CCC(=O)Sc1ccc(F)c(F)c1F)C(=O)O. The number of aliphatic carboxylic acids is 1. The first kappa shape index (κ1) is 21.8. The molecular formula is C16H18F3NO5S. The second kappa shape index (κ2) is 8.93. The molecule has 0 saturated carbocycles. The van der Waals surface area contributed by atoms with Gasteiger partial charge in [0.05, 0.1) is 4.90 Å². The molecule has 1 unspecified atom stereocenters. The largest absolute Gasteiger partial charge is 0.480 e. The zero-order valence-electron chi connectivity index (χ0n) is 14.3. The summed E-state index contributed by atoms with van der Waals surface area (Å²) in [6.07, 6.45) is -1.60. The van der Waals surface area contributed by atoms with Gasteiger partial charge in [0.15, 0.2) is 22.6 Å². The average Bonchev–Trinajstić information content (AvgIpc) is 2.50. The predicted octanol–water partition coefficient (Wildman–Crippen LogP) is 3.48. The van der Waals surface area contributed by atoms with Gasteiger partial charge in [-0.3, -0.25) is 4.79 Å². The number of amides is 1. The smallest absolute Gasteiger partial charge is 0.408 e. The minimum atomic E-state index is -1.70. The molecule has 0 fully saturated rings. The third-order valence-electron chi connectivity index (χ3n) is 2.85. The van der Waals surface area contributed by atoms with E-state index < -0.39 is 51.2 Å². The van der Waals surface area contributed by atoms with E-state index in [2.05, 4.69) is 5.32 Å². The van der Waals surface area contributed by atoms with Crippen LogP contribution >= 0.6 is 11.8 Å². The molecule has 1 amide bonds. The van der Waals surface area contributed by atoms with Crippen LogP contribution in [0, 0.1) is 17.5 Å². The first-order valence-corrected chi connectivity index (χ1v) is 8.29. The van der Waals surface area contributed by atoms with Gasteiger partial charge in [-0.25, -0.2) is 22.8 Å². The molecule has 0 aliphatic carbocycles. The van der Waals surface area contributed by atoms with Gasteiger partial charge < -0.3 is 15.2 Å². The molecular weight excluding hydrogens is 375 g/mol. The van der Waals surface area contributed by atoms with Crippen LogP contribution in [0.5, 0.6) is 0 Å². The maximum Gasteiger partial charge on any atom is 0.408 e. The molecule has 1 aromatic rings. The average molecular weight is 393 g/mol. The number of carboxylic acid groups (broad SMARTS) is 1. The molecule has 1 aromatic carbocycles. The molecule has 0 bridgehead atoms. The van der Waals surface area contributed by atoms with Crippen LogP contribution in [-0.2, 0) is 14.3 Å². The Morgan fingerprint density at radius 2 is 1.81 bits per heavy atom. The summed E-state index contributed by atoms with van der Waals surface area (Å²) in [4.78, 5) is 34.2. The van der Waals surface area contributed by atoms with E-state index in [0.29, 0.717) is 17.8 Å². The van der Waals surface area contributed by atoms with Crippen LogP contribution in [0.3, 0.4) is 0 Å². The van der Waals surface area contributed by atoms with Gasteiger partial charge >= 0.3 is 12.1 Å². The normalized spacial score (nSPS) is 12.4. The Balaban J connectivity index is 2.64. The fourth-order valence-electron chi connectivity index (χ4n) is 1.73. The van der Waals surface area contributed by atoms with Gasteiger partial charge in [-0.15, -0.1) is 0 Å². The molecule has 2 N–H and O–H groups in total. The first-order chi connectivity index (χ1) is 11.9. The zero-order valence-corrected chi connectivity index (χ0v) is 15.1. The summed E-state index contributed by atoms with van der Waals surface area (Å²) >= 11 is 0.318. The standard InChI is InChI=1S/C16H18F3NO5S/c1-16(2,3)25-15(24)20-9(14(22)23)5-7-11(21)26-10-6-4-8(17)12(18)13(10)19/h4,6,9H,5,7H2,1-3H3,(H,20,24)(H,22,23). The van der Waals surface area contributed by atoms with Crippen LogP contribution in [0.1, 0.15) is 33.6 Å². The van der Waals surface area contributed by atoms with Crippen LogP contribution in [0.4, 0.5) is 18.0 Å². The van der Waals surface area contributed by atoms with E-state index in [9.17, 15) is 27.6 Å². The van der Waals surface area contributed by atoms with E-state index in [1.165, 1.54) is 0 Å². The van der Waals surface area contributed by atoms with Crippen molar-refractivity contribution >= 4 is 28.9 Å². The number of nitrogens with one attached hydrogen (secondary N) is 1. The lowest BCUT2D eigenvalue weighted by molar-refractivity contribution is -0.139. The van der Waals surface area contributed by atoms with Crippen molar-refractivity contribution in [3.63, 3.8) is 0 Å². The molecule has 0 saturated heterocycles. The van der Waals surface area contributed by atoms with E-state index in [4.69, 9.17) is 9.84 Å². The zero-order chi connectivity index (χ0) is 20.1. The minimum Gasteiger partial charge on any atom is -0.480 e. The number of rotatable bonds is 6. The second-order valence-electron chi connectivity index (χ2n) is 6.22. The molecule has 0 aromatic heterocycles. The van der Waals surface area contributed by atoms with Crippen molar-refractivity contribution in [3.8, 4) is 0 Å². The number of halogens is 3. The summed E-state index contributed by atoms with van der Waals surface area (Å²) in [7, 11) is 0. The molecule has 0 radical (unpaired) electrons. The third-order valence-corrected chi connectivity index (χ3v) is 3.82. The molecule has 10 heteroatoms. The quantitative estimate of drug-likeness (QED) is 0.568. The van der Waals surface area contributed by atoms with Gasteiger partial charge in [0.25, 0.3) is 0 Å². The van der Waals surface area contributed by atoms with Crippen molar-refractivity contribution in [2.24, 2.45) is 0 Å². The fraction of sp³-hybridized carbons (Fsp3) is 0.438. The lowest BCUT2D eigenvalue weighted by atomic mass is 10.1. The van der Waals surface area contributed by atoms with Crippen molar-refractivity contribution in [1.29, 1.82) is 0 Å². The summed E-state index contributed by atoms with van der Waals surface area (Å²) < 4.78 is 44.4. The molecule has 1 atom stereocenters. The summed E-state index contributed by atoms with van der Waals surface area (Å²) in [6, 6.07) is 0.187. The van der Waals surface area contributed by atoms with E-state index in [0.717, 1.165) is 6.07 Å². The number of thioether (sulfide) groups is 1. The minimum absolute atomic E-state index is 0.286. The molecule has 0 heterocycles. The van der Waals surface area contributed by atoms with Gasteiger partial charge in [0, 0.05) is 6.42 Å². The van der Waals surface area contributed by atoms with Gasteiger partial charge in [-0.05, 0) is 51.1 Å². The molecule has 144 valence electrons. The number of benzene rings is 1. The van der Waals surface area contributed by atoms with Gasteiger partial charge in [-0.1, -0.05) is 0 Å². The Morgan fingerprint density at radius 3 is 2.35 bits per heavy atom. The van der Waals surface area contributed by atoms with Crippen molar-refractivity contribution in [2.45, 2.75) is 50.2 Å². The third kappa shape index (κ3) is 6.95. The number of carboxylic acids is 1. The van der Waals surface area contributed by atoms with E-state index >= 15 is 0 Å². The number of carbonyl (C=O) groups is 3. The maximum absolute atomic E-state index is 13.5. The van der Waals surface area contributed by atoms with Crippen LogP contribution in [-0.4, -0.2) is 33.9 Å². The Hall–Kier alpha value is -2.23. The van der Waals surface area contributed by atoms with Crippen LogP contribution in [0.2, 0.25) is 0 Å². The second-order valence-corrected chi connectivity index (χ2v) is 7.32. The van der Waals surface area contributed by atoms with Crippen molar-refractivity contribution in [1.82, 2.24) is 5.32 Å². The number of carbonyl (C=O) groups excluding carboxylic acids is 2. The van der Waals surface area contributed by atoms with Crippen LogP contribution in [0.25, 0.3) is 0 Å². The lowest BCUT2D eigenvalue weighted by Gasteiger charge is -2.21. The number of hydrogen-bond acceptors (Lipinski definition) is 5. The van der Waals surface area contributed by atoms with Crippen molar-refractivity contribution in [3.05, 3.63) is 29.6 Å². The molecule has 0 aliphatic rings. The monoisotopic (exact) mass is 393 g/mol. The molecule has 6 nitrogen and oxygen atoms in total. The summed E-state index contributed by atoms with van der Waals surface area (Å²) in [5, 5.41) is 10.5.